The van der Waals surface area contributed by atoms with Crippen LogP contribution in [0.3, 0.4) is 0 Å². The topological polar surface area (TPSA) is 105 Å². The summed E-state index contributed by atoms with van der Waals surface area (Å²) in [4.78, 5) is 48.8. The van der Waals surface area contributed by atoms with Gasteiger partial charge in [0.25, 0.3) is 11.8 Å². The minimum absolute atomic E-state index is 0.0111. The third-order valence-corrected chi connectivity index (χ3v) is 5.69. The van der Waals surface area contributed by atoms with Gasteiger partial charge in [-0.2, -0.15) is 0 Å². The summed E-state index contributed by atoms with van der Waals surface area (Å²) in [5.74, 6) is -2.73. The molecule has 9 heteroatoms. The normalized spacial score (nSPS) is 15.5. The van der Waals surface area contributed by atoms with Gasteiger partial charge < -0.3 is 10.1 Å². The third kappa shape index (κ3) is 5.91. The number of anilines is 1. The maximum atomic E-state index is 12.3. The summed E-state index contributed by atoms with van der Waals surface area (Å²) in [6.45, 7) is 3.32. The van der Waals surface area contributed by atoms with Crippen molar-refractivity contribution in [2.45, 2.75) is 20.3 Å². The maximum Gasteiger partial charge on any atom is 0.311 e. The summed E-state index contributed by atoms with van der Waals surface area (Å²) < 4.78 is 5.98. The number of carbonyl (C=O) groups is 4. The quantitative estimate of drug-likeness (QED) is 0.609. The monoisotopic (exact) mass is 487 g/mol. The minimum atomic E-state index is -0.756. The summed E-state index contributed by atoms with van der Waals surface area (Å²) in [6.07, 6.45) is -0.0967. The number of nitrogens with one attached hydrogen (secondary N) is 2. The number of amides is 3. The molecule has 0 saturated carbocycles. The Hall–Kier alpha value is -3.20. The van der Waals surface area contributed by atoms with Gasteiger partial charge in [0.2, 0.25) is 5.91 Å². The predicted molar refractivity (Wildman–Crippen MR) is 117 cm³/mol. The number of halogens is 1. The average molecular weight is 488 g/mol. The van der Waals surface area contributed by atoms with Gasteiger partial charge >= 0.3 is 5.97 Å². The van der Waals surface area contributed by atoms with Gasteiger partial charge in [-0.3, -0.25) is 29.6 Å². The van der Waals surface area contributed by atoms with Crippen molar-refractivity contribution < 1.29 is 23.9 Å². The van der Waals surface area contributed by atoms with E-state index in [9.17, 15) is 19.2 Å². The second kappa shape index (κ2) is 9.74. The molecule has 0 aliphatic carbocycles. The van der Waals surface area contributed by atoms with Gasteiger partial charge in [-0.15, -0.1) is 0 Å². The first-order valence-electron chi connectivity index (χ1n) is 9.63. The standard InChI is InChI=1S/C22H22BrN3O5/c1-13-3-5-15(6-4-13)21(29)25-26-11-16(10-20(26)28)22(30)31-12-19(27)24-17-7-8-18(23)14(2)9-17/h3-9,16H,10-12H2,1-2H3,(H,24,27)(H,25,29)/t16-/m1/s1. The first kappa shape index (κ1) is 22.5. The van der Waals surface area contributed by atoms with Crippen LogP contribution in [-0.2, 0) is 19.1 Å². The highest BCUT2D eigenvalue weighted by molar-refractivity contribution is 9.10. The zero-order valence-corrected chi connectivity index (χ0v) is 18.7. The second-order valence-electron chi connectivity index (χ2n) is 7.33. The van der Waals surface area contributed by atoms with Crippen molar-refractivity contribution in [2.24, 2.45) is 5.92 Å². The molecule has 1 aliphatic rings. The van der Waals surface area contributed by atoms with Crippen LogP contribution in [0.15, 0.2) is 46.9 Å². The zero-order chi connectivity index (χ0) is 22.5. The molecule has 2 N–H and O–H groups in total. The van der Waals surface area contributed by atoms with E-state index >= 15 is 0 Å². The highest BCUT2D eigenvalue weighted by Gasteiger charge is 2.36. The Morgan fingerprint density at radius 3 is 2.52 bits per heavy atom. The van der Waals surface area contributed by atoms with Crippen LogP contribution in [-0.4, -0.2) is 41.9 Å². The first-order valence-corrected chi connectivity index (χ1v) is 10.4. The molecule has 1 saturated heterocycles. The fourth-order valence-electron chi connectivity index (χ4n) is 3.04. The van der Waals surface area contributed by atoms with Crippen LogP contribution >= 0.6 is 15.9 Å². The zero-order valence-electron chi connectivity index (χ0n) is 17.1. The average Bonchev–Trinajstić information content (AvgIpc) is 3.10. The number of nitrogens with zero attached hydrogens (tertiary/aromatic N) is 1. The molecule has 2 aromatic rings. The van der Waals surface area contributed by atoms with Crippen molar-refractivity contribution in [3.63, 3.8) is 0 Å². The van der Waals surface area contributed by atoms with E-state index in [1.54, 1.807) is 42.5 Å². The lowest BCUT2D eigenvalue weighted by atomic mass is 10.1. The molecule has 0 spiro atoms. The molecule has 31 heavy (non-hydrogen) atoms. The van der Waals surface area contributed by atoms with E-state index in [0.717, 1.165) is 20.6 Å². The molecular weight excluding hydrogens is 466 g/mol. The Morgan fingerprint density at radius 2 is 1.84 bits per heavy atom. The predicted octanol–water partition coefficient (Wildman–Crippen LogP) is 2.74. The number of hydrogen-bond donors (Lipinski definition) is 2. The van der Waals surface area contributed by atoms with Crippen LogP contribution in [0, 0.1) is 19.8 Å². The van der Waals surface area contributed by atoms with Crippen molar-refractivity contribution in [2.75, 3.05) is 18.5 Å². The Balaban J connectivity index is 1.48. The van der Waals surface area contributed by atoms with Gasteiger partial charge in [-0.05, 0) is 49.7 Å². The lowest BCUT2D eigenvalue weighted by molar-refractivity contribution is -0.151. The van der Waals surface area contributed by atoms with Crippen molar-refractivity contribution in [1.29, 1.82) is 0 Å². The Bertz CT molecular complexity index is 1020. The highest BCUT2D eigenvalue weighted by Crippen LogP contribution is 2.20. The maximum absolute atomic E-state index is 12.3. The summed E-state index contributed by atoms with van der Waals surface area (Å²) in [7, 11) is 0. The molecule has 0 bridgehead atoms. The molecule has 162 valence electrons. The second-order valence-corrected chi connectivity index (χ2v) is 8.19. The van der Waals surface area contributed by atoms with Crippen LogP contribution in [0.5, 0.6) is 0 Å². The Labute approximate surface area is 188 Å². The van der Waals surface area contributed by atoms with Crippen LogP contribution in [0.2, 0.25) is 0 Å². The molecule has 1 heterocycles. The molecule has 3 amide bonds. The lowest BCUT2D eigenvalue weighted by Gasteiger charge is -2.17. The van der Waals surface area contributed by atoms with E-state index < -0.39 is 36.2 Å². The van der Waals surface area contributed by atoms with Crippen molar-refractivity contribution >= 4 is 45.3 Å². The van der Waals surface area contributed by atoms with E-state index in [4.69, 9.17) is 4.74 Å². The number of carbonyl (C=O) groups excluding carboxylic acids is 4. The highest BCUT2D eigenvalue weighted by atomic mass is 79.9. The van der Waals surface area contributed by atoms with Crippen molar-refractivity contribution in [3.8, 4) is 0 Å². The molecule has 1 aliphatic heterocycles. The van der Waals surface area contributed by atoms with Gasteiger partial charge in [0.1, 0.15) is 0 Å². The van der Waals surface area contributed by atoms with Gasteiger partial charge in [-0.1, -0.05) is 33.6 Å². The Kier molecular flexibility index (Phi) is 7.06. The summed E-state index contributed by atoms with van der Waals surface area (Å²) in [6, 6.07) is 12.2. The molecule has 3 rings (SSSR count). The largest absolute Gasteiger partial charge is 0.455 e. The minimum Gasteiger partial charge on any atom is -0.455 e. The number of benzene rings is 2. The lowest BCUT2D eigenvalue weighted by Crippen LogP contribution is -2.43. The van der Waals surface area contributed by atoms with Crippen LogP contribution in [0.25, 0.3) is 0 Å². The fourth-order valence-corrected chi connectivity index (χ4v) is 3.29. The molecular formula is C22H22BrN3O5. The number of esters is 1. The smallest absolute Gasteiger partial charge is 0.311 e. The van der Waals surface area contributed by atoms with Gasteiger partial charge in [0, 0.05) is 22.1 Å². The number of ether oxygens (including phenoxy) is 1. The molecule has 0 radical (unpaired) electrons. The molecule has 1 fully saturated rings. The first-order chi connectivity index (χ1) is 14.7. The summed E-state index contributed by atoms with van der Waals surface area (Å²) in [5.41, 5.74) is 5.46. The van der Waals surface area contributed by atoms with Crippen molar-refractivity contribution in [1.82, 2.24) is 10.4 Å². The van der Waals surface area contributed by atoms with Crippen LogP contribution in [0.4, 0.5) is 5.69 Å². The van der Waals surface area contributed by atoms with E-state index in [0.29, 0.717) is 11.3 Å². The van der Waals surface area contributed by atoms with E-state index in [-0.39, 0.29) is 13.0 Å². The van der Waals surface area contributed by atoms with Crippen LogP contribution < -0.4 is 10.7 Å². The van der Waals surface area contributed by atoms with Gasteiger partial charge in [0.05, 0.1) is 12.5 Å². The van der Waals surface area contributed by atoms with Gasteiger partial charge in [-0.25, -0.2) is 0 Å². The van der Waals surface area contributed by atoms with Gasteiger partial charge in [0.15, 0.2) is 6.61 Å². The third-order valence-electron chi connectivity index (χ3n) is 4.80. The number of hydrogen-bond acceptors (Lipinski definition) is 5. The van der Waals surface area contributed by atoms with E-state index in [1.807, 2.05) is 13.8 Å². The van der Waals surface area contributed by atoms with Crippen LogP contribution in [0.1, 0.15) is 27.9 Å². The van der Waals surface area contributed by atoms with E-state index in [2.05, 4.69) is 26.7 Å². The molecule has 2 aromatic carbocycles. The summed E-state index contributed by atoms with van der Waals surface area (Å²) in [5, 5.41) is 3.76. The number of hydrazine groups is 1. The molecule has 1 atom stereocenters. The van der Waals surface area contributed by atoms with Crippen molar-refractivity contribution in [3.05, 3.63) is 63.6 Å². The molecule has 0 unspecified atom stereocenters. The molecule has 8 nitrogen and oxygen atoms in total. The van der Waals surface area contributed by atoms with E-state index in [1.165, 1.54) is 0 Å². The Morgan fingerprint density at radius 1 is 1.13 bits per heavy atom. The summed E-state index contributed by atoms with van der Waals surface area (Å²) >= 11 is 3.38. The fraction of sp³-hybridized carbons (Fsp3) is 0.273. The number of aryl methyl sites for hydroxylation is 2. The SMILES string of the molecule is Cc1ccc(C(=O)NN2C[C@H](C(=O)OCC(=O)Nc3ccc(Br)c(C)c3)CC2=O)cc1. The molecule has 0 aromatic heterocycles. The number of rotatable bonds is 6.